The van der Waals surface area contributed by atoms with Crippen molar-refractivity contribution < 1.29 is 18.4 Å². The maximum absolute atomic E-state index is 13.5. The molecule has 0 spiro atoms. The van der Waals surface area contributed by atoms with E-state index in [0.717, 1.165) is 42.1 Å². The molecule has 2 unspecified atom stereocenters. The Morgan fingerprint density at radius 2 is 1.79 bits per heavy atom. The second-order valence-electron chi connectivity index (χ2n) is 8.93. The Hall–Kier alpha value is -2.51. The minimum atomic E-state index is -4.39. The van der Waals surface area contributed by atoms with Crippen LogP contribution in [-0.4, -0.2) is 34.5 Å². The number of halogens is 4. The van der Waals surface area contributed by atoms with Gasteiger partial charge in [0.1, 0.15) is 0 Å². The van der Waals surface area contributed by atoms with Crippen LogP contribution in [0.4, 0.5) is 13.2 Å². The molecule has 0 fully saturated rings. The first kappa shape index (κ1) is 24.6. The van der Waals surface area contributed by atoms with Gasteiger partial charge >= 0.3 is 6.18 Å². The van der Waals surface area contributed by atoms with E-state index in [1.54, 1.807) is 18.2 Å². The van der Waals surface area contributed by atoms with Crippen LogP contribution in [0, 0.1) is 0 Å². The third kappa shape index (κ3) is 4.68. The Morgan fingerprint density at radius 3 is 2.41 bits per heavy atom. The summed E-state index contributed by atoms with van der Waals surface area (Å²) in [4.78, 5) is 15.8. The second-order valence-corrected chi connectivity index (χ2v) is 9.37. The number of alkyl halides is 3. The Bertz CT molecular complexity index is 1230. The Labute approximate surface area is 201 Å². The van der Waals surface area contributed by atoms with Gasteiger partial charge in [0.25, 0.3) is 0 Å². The molecule has 4 rings (SSSR count). The van der Waals surface area contributed by atoms with E-state index in [2.05, 4.69) is 18.7 Å². The summed E-state index contributed by atoms with van der Waals surface area (Å²) in [6, 6.07) is 10.0. The lowest BCUT2D eigenvalue weighted by Gasteiger charge is -2.34. The van der Waals surface area contributed by atoms with E-state index in [9.17, 15) is 23.2 Å². The van der Waals surface area contributed by atoms with Gasteiger partial charge in [0.05, 0.1) is 22.2 Å². The van der Waals surface area contributed by atoms with E-state index >= 15 is 0 Å². The predicted molar refractivity (Wildman–Crippen MR) is 128 cm³/mol. The fraction of sp³-hybridized carbons (Fsp3) is 0.423. The normalized spacial score (nSPS) is 18.4. The van der Waals surface area contributed by atoms with E-state index in [1.165, 1.54) is 12.1 Å². The number of rotatable bonds is 6. The SMILES string of the molecule is CCN(CC)CCC1CC(c2ccc(C(F)(F)F)cc2)Cc2c1c(=O)c1cc(Cl)ccc1n2O. The number of hydrogen-bond donors (Lipinski definition) is 1. The molecule has 0 amide bonds. The van der Waals surface area contributed by atoms with E-state index in [1.807, 2.05) is 0 Å². The lowest BCUT2D eigenvalue weighted by Crippen LogP contribution is -2.32. The van der Waals surface area contributed by atoms with Gasteiger partial charge in [-0.15, -0.1) is 0 Å². The lowest BCUT2D eigenvalue weighted by atomic mass is 9.74. The van der Waals surface area contributed by atoms with E-state index in [0.29, 0.717) is 46.4 Å². The third-order valence-corrected chi connectivity index (χ3v) is 7.29. The maximum Gasteiger partial charge on any atom is 0.416 e. The highest BCUT2D eigenvalue weighted by Gasteiger charge is 2.34. The molecule has 0 radical (unpaired) electrons. The molecular weight excluding hydrogens is 465 g/mol. The summed E-state index contributed by atoms with van der Waals surface area (Å²) in [5, 5.41) is 11.9. The Morgan fingerprint density at radius 1 is 1.12 bits per heavy atom. The quantitative estimate of drug-likeness (QED) is 0.402. The molecule has 34 heavy (non-hydrogen) atoms. The smallest absolute Gasteiger partial charge is 0.416 e. The summed E-state index contributed by atoms with van der Waals surface area (Å²) in [6.45, 7) is 6.72. The fourth-order valence-corrected chi connectivity index (χ4v) is 5.32. The fourth-order valence-electron chi connectivity index (χ4n) is 5.14. The summed E-state index contributed by atoms with van der Waals surface area (Å²) >= 11 is 6.13. The molecule has 182 valence electrons. The summed E-state index contributed by atoms with van der Waals surface area (Å²) in [7, 11) is 0. The molecule has 0 aliphatic heterocycles. The molecule has 0 saturated heterocycles. The zero-order valence-corrected chi connectivity index (χ0v) is 20.0. The van der Waals surface area contributed by atoms with Crippen molar-refractivity contribution in [3.05, 3.63) is 80.1 Å². The topological polar surface area (TPSA) is 45.5 Å². The van der Waals surface area contributed by atoms with Gasteiger partial charge in [-0.1, -0.05) is 37.6 Å². The number of hydrogen-bond acceptors (Lipinski definition) is 3. The number of benzene rings is 2. The van der Waals surface area contributed by atoms with Crippen LogP contribution in [0.5, 0.6) is 0 Å². The Kier molecular flexibility index (Phi) is 6.97. The van der Waals surface area contributed by atoms with Crippen LogP contribution in [0.15, 0.2) is 47.3 Å². The van der Waals surface area contributed by atoms with Crippen LogP contribution in [0.25, 0.3) is 10.9 Å². The molecule has 0 saturated carbocycles. The van der Waals surface area contributed by atoms with Crippen molar-refractivity contribution in [2.24, 2.45) is 0 Å². The molecule has 2 aromatic carbocycles. The maximum atomic E-state index is 13.5. The molecule has 1 heterocycles. The molecule has 8 heteroatoms. The second kappa shape index (κ2) is 9.62. The van der Waals surface area contributed by atoms with Gasteiger partial charge in [-0.2, -0.15) is 17.9 Å². The number of fused-ring (bicyclic) bond motifs is 2. The van der Waals surface area contributed by atoms with E-state index in [-0.39, 0.29) is 17.3 Å². The Balaban J connectivity index is 1.79. The first-order valence-electron chi connectivity index (χ1n) is 11.6. The number of pyridine rings is 1. The summed E-state index contributed by atoms with van der Waals surface area (Å²) < 4.78 is 40.2. The summed E-state index contributed by atoms with van der Waals surface area (Å²) in [5.74, 6) is -0.245. The van der Waals surface area contributed by atoms with Crippen LogP contribution in [0.2, 0.25) is 5.02 Å². The van der Waals surface area contributed by atoms with Crippen molar-refractivity contribution in [2.75, 3.05) is 19.6 Å². The van der Waals surface area contributed by atoms with E-state index in [4.69, 9.17) is 11.6 Å². The molecule has 2 atom stereocenters. The molecule has 1 aliphatic carbocycles. The van der Waals surface area contributed by atoms with Crippen molar-refractivity contribution in [3.63, 3.8) is 0 Å². The number of aromatic nitrogens is 1. The molecule has 1 aliphatic rings. The minimum Gasteiger partial charge on any atom is -0.428 e. The zero-order chi connectivity index (χ0) is 24.6. The van der Waals surface area contributed by atoms with E-state index < -0.39 is 11.7 Å². The van der Waals surface area contributed by atoms with Crippen molar-refractivity contribution in [3.8, 4) is 0 Å². The monoisotopic (exact) mass is 492 g/mol. The first-order chi connectivity index (χ1) is 16.1. The number of nitrogens with zero attached hydrogens (tertiary/aromatic N) is 2. The molecule has 0 bridgehead atoms. The summed E-state index contributed by atoms with van der Waals surface area (Å²) in [6.07, 6.45) is -2.68. The van der Waals surface area contributed by atoms with Crippen molar-refractivity contribution in [1.82, 2.24) is 9.63 Å². The highest BCUT2D eigenvalue weighted by Crippen LogP contribution is 2.42. The molecule has 3 aromatic rings. The van der Waals surface area contributed by atoms with Gasteiger partial charge in [0.2, 0.25) is 0 Å². The highest BCUT2D eigenvalue weighted by molar-refractivity contribution is 6.31. The van der Waals surface area contributed by atoms with Gasteiger partial charge < -0.3 is 10.1 Å². The van der Waals surface area contributed by atoms with Gasteiger partial charge in [0, 0.05) is 10.6 Å². The highest BCUT2D eigenvalue weighted by atomic mass is 35.5. The average Bonchev–Trinajstić information content (AvgIpc) is 2.82. The third-order valence-electron chi connectivity index (χ3n) is 7.06. The minimum absolute atomic E-state index is 0.112. The van der Waals surface area contributed by atoms with Gasteiger partial charge in [-0.3, -0.25) is 4.79 Å². The van der Waals surface area contributed by atoms with Crippen LogP contribution < -0.4 is 5.43 Å². The first-order valence-corrected chi connectivity index (χ1v) is 12.0. The molecule has 4 nitrogen and oxygen atoms in total. The predicted octanol–water partition coefficient (Wildman–Crippen LogP) is 6.46. The average molecular weight is 493 g/mol. The van der Waals surface area contributed by atoms with Crippen LogP contribution >= 0.6 is 11.6 Å². The molecular formula is C26H28ClF3N2O2. The van der Waals surface area contributed by atoms with Gasteiger partial charge in [0.15, 0.2) is 5.43 Å². The molecule has 1 N–H and O–H groups in total. The van der Waals surface area contributed by atoms with Crippen molar-refractivity contribution in [1.29, 1.82) is 0 Å². The van der Waals surface area contributed by atoms with Gasteiger partial charge in [-0.05, 0) is 86.6 Å². The summed E-state index contributed by atoms with van der Waals surface area (Å²) in [5.41, 5.74) is 1.45. The standard InChI is InChI=1S/C26H28ClF3N2O2/c1-3-31(4-2)12-11-17-13-18(16-5-7-19(8-6-16)26(28,29)30)14-23-24(17)25(33)21-15-20(27)9-10-22(21)32(23)34/h5-10,15,17-18,34H,3-4,11-14H2,1-2H3. The van der Waals surface area contributed by atoms with Crippen LogP contribution in [0.3, 0.4) is 0 Å². The van der Waals surface area contributed by atoms with Crippen LogP contribution in [0.1, 0.15) is 60.9 Å². The van der Waals surface area contributed by atoms with Crippen molar-refractivity contribution in [2.45, 2.75) is 51.1 Å². The van der Waals surface area contributed by atoms with Crippen LogP contribution in [-0.2, 0) is 12.6 Å². The zero-order valence-electron chi connectivity index (χ0n) is 19.2. The van der Waals surface area contributed by atoms with Gasteiger partial charge in [-0.25, -0.2) is 0 Å². The molecule has 1 aromatic heterocycles. The lowest BCUT2D eigenvalue weighted by molar-refractivity contribution is -0.137. The van der Waals surface area contributed by atoms with Crippen molar-refractivity contribution >= 4 is 22.5 Å². The largest absolute Gasteiger partial charge is 0.428 e.